The second-order valence-electron chi connectivity index (χ2n) is 5.00. The van der Waals surface area contributed by atoms with Crippen LogP contribution in [0.3, 0.4) is 0 Å². The summed E-state index contributed by atoms with van der Waals surface area (Å²) in [4.78, 5) is 14.1. The molecule has 1 fully saturated rings. The molecule has 2 rings (SSSR count). The zero-order chi connectivity index (χ0) is 13.8. The topological polar surface area (TPSA) is 59.4 Å². The highest BCUT2D eigenvalue weighted by atomic mass is 16.5. The van der Waals surface area contributed by atoms with Gasteiger partial charge in [0.2, 0.25) is 5.91 Å². The Balaban J connectivity index is 1.89. The summed E-state index contributed by atoms with van der Waals surface area (Å²) in [5.41, 5.74) is 1.09. The minimum absolute atomic E-state index is 0.105. The van der Waals surface area contributed by atoms with Gasteiger partial charge in [-0.15, -0.1) is 0 Å². The van der Waals surface area contributed by atoms with Crippen molar-refractivity contribution in [2.75, 3.05) is 26.3 Å². The average Bonchev–Trinajstić information content (AvgIpc) is 2.85. The number of ether oxygens (including phenoxy) is 1. The Kier molecular flexibility index (Phi) is 4.55. The molecule has 0 aliphatic carbocycles. The lowest BCUT2D eigenvalue weighted by Gasteiger charge is -2.30. The molecule has 1 aromatic rings. The number of carbonyl (C=O) groups is 1. The van der Waals surface area contributed by atoms with Crippen LogP contribution in [0.15, 0.2) is 12.4 Å². The van der Waals surface area contributed by atoms with E-state index in [1.807, 2.05) is 38.2 Å². The van der Waals surface area contributed by atoms with Gasteiger partial charge in [-0.25, -0.2) is 0 Å². The van der Waals surface area contributed by atoms with E-state index in [1.165, 1.54) is 0 Å². The summed E-state index contributed by atoms with van der Waals surface area (Å²) in [7, 11) is 1.89. The predicted octanol–water partition coefficient (Wildman–Crippen LogP) is 0.318. The quantitative estimate of drug-likeness (QED) is 0.852. The van der Waals surface area contributed by atoms with E-state index in [0.29, 0.717) is 26.3 Å². The highest BCUT2D eigenvalue weighted by molar-refractivity contribution is 5.81. The summed E-state index contributed by atoms with van der Waals surface area (Å²) in [6.07, 6.45) is 3.78. The van der Waals surface area contributed by atoms with E-state index >= 15 is 0 Å². The molecule has 6 heteroatoms. The van der Waals surface area contributed by atoms with E-state index in [4.69, 9.17) is 4.74 Å². The molecule has 1 saturated heterocycles. The number of hydrogen-bond acceptors (Lipinski definition) is 4. The molecule has 1 N–H and O–H groups in total. The van der Waals surface area contributed by atoms with Gasteiger partial charge in [-0.2, -0.15) is 5.10 Å². The molecule has 0 unspecified atom stereocenters. The van der Waals surface area contributed by atoms with Gasteiger partial charge in [-0.05, 0) is 13.8 Å². The van der Waals surface area contributed by atoms with Crippen LogP contribution in [0, 0.1) is 0 Å². The Labute approximate surface area is 113 Å². The van der Waals surface area contributed by atoms with Crippen LogP contribution in [0.2, 0.25) is 0 Å². The number of nitrogens with one attached hydrogen (secondary N) is 1. The first kappa shape index (κ1) is 14.0. The standard InChI is InChI=1S/C13H22N4O2/c1-10(12-8-14-16(3)9-12)15-11(2)13(18)17-4-6-19-7-5-17/h8-11,15H,4-7H2,1-3H3/t10-,11+/m0/s1. The summed E-state index contributed by atoms with van der Waals surface area (Å²) in [5.74, 6) is 0.138. The van der Waals surface area contributed by atoms with E-state index in [-0.39, 0.29) is 18.0 Å². The lowest BCUT2D eigenvalue weighted by atomic mass is 10.1. The molecule has 0 saturated carbocycles. The number of aryl methyl sites for hydroxylation is 1. The highest BCUT2D eigenvalue weighted by Gasteiger charge is 2.23. The summed E-state index contributed by atoms with van der Waals surface area (Å²) < 4.78 is 7.02. The zero-order valence-corrected chi connectivity index (χ0v) is 11.8. The predicted molar refractivity (Wildman–Crippen MR) is 71.6 cm³/mol. The summed E-state index contributed by atoms with van der Waals surface area (Å²) in [5, 5.41) is 7.47. The van der Waals surface area contributed by atoms with Gasteiger partial charge in [-0.3, -0.25) is 14.8 Å². The molecule has 2 atom stereocenters. The van der Waals surface area contributed by atoms with Crippen molar-refractivity contribution in [3.63, 3.8) is 0 Å². The molecule has 1 amide bonds. The number of carbonyl (C=O) groups excluding carboxylic acids is 1. The van der Waals surface area contributed by atoms with Crippen LogP contribution in [0.25, 0.3) is 0 Å². The van der Waals surface area contributed by atoms with Gasteiger partial charge >= 0.3 is 0 Å². The van der Waals surface area contributed by atoms with Crippen molar-refractivity contribution in [2.45, 2.75) is 25.9 Å². The molecule has 0 radical (unpaired) electrons. The molecular weight excluding hydrogens is 244 g/mol. The third-order valence-electron chi connectivity index (χ3n) is 3.42. The number of amides is 1. The normalized spacial score (nSPS) is 19.2. The first-order valence-corrected chi connectivity index (χ1v) is 6.69. The maximum atomic E-state index is 12.3. The molecule has 1 aliphatic rings. The SMILES string of the molecule is C[C@H](N[C@H](C)C(=O)N1CCOCC1)c1cnn(C)c1. The van der Waals surface area contributed by atoms with Crippen LogP contribution in [0.4, 0.5) is 0 Å². The van der Waals surface area contributed by atoms with Crippen LogP contribution in [-0.4, -0.2) is 52.9 Å². The van der Waals surface area contributed by atoms with Crippen molar-refractivity contribution >= 4 is 5.91 Å². The smallest absolute Gasteiger partial charge is 0.239 e. The van der Waals surface area contributed by atoms with E-state index in [0.717, 1.165) is 5.56 Å². The van der Waals surface area contributed by atoms with E-state index < -0.39 is 0 Å². The van der Waals surface area contributed by atoms with Gasteiger partial charge in [0.25, 0.3) is 0 Å². The van der Waals surface area contributed by atoms with Gasteiger partial charge in [0, 0.05) is 37.9 Å². The average molecular weight is 266 g/mol. The Morgan fingerprint density at radius 3 is 2.68 bits per heavy atom. The Bertz CT molecular complexity index is 426. The van der Waals surface area contributed by atoms with Gasteiger partial charge in [0.05, 0.1) is 25.5 Å². The second kappa shape index (κ2) is 6.16. The van der Waals surface area contributed by atoms with E-state index in [1.54, 1.807) is 4.68 Å². The maximum Gasteiger partial charge on any atom is 0.239 e. The van der Waals surface area contributed by atoms with Crippen molar-refractivity contribution in [3.05, 3.63) is 18.0 Å². The molecule has 6 nitrogen and oxygen atoms in total. The van der Waals surface area contributed by atoms with Gasteiger partial charge < -0.3 is 9.64 Å². The number of nitrogens with zero attached hydrogens (tertiary/aromatic N) is 3. The minimum Gasteiger partial charge on any atom is -0.378 e. The lowest BCUT2D eigenvalue weighted by molar-refractivity contribution is -0.137. The number of aromatic nitrogens is 2. The fraction of sp³-hybridized carbons (Fsp3) is 0.692. The van der Waals surface area contributed by atoms with Crippen LogP contribution in [-0.2, 0) is 16.6 Å². The zero-order valence-electron chi connectivity index (χ0n) is 11.8. The third-order valence-corrected chi connectivity index (χ3v) is 3.42. The number of morpholine rings is 1. The van der Waals surface area contributed by atoms with Crippen molar-refractivity contribution in [1.82, 2.24) is 20.0 Å². The van der Waals surface area contributed by atoms with E-state index in [2.05, 4.69) is 10.4 Å². The maximum absolute atomic E-state index is 12.3. The molecular formula is C13H22N4O2. The summed E-state index contributed by atoms with van der Waals surface area (Å²) in [6, 6.07) is -0.0954. The summed E-state index contributed by atoms with van der Waals surface area (Å²) in [6.45, 7) is 6.59. The fourth-order valence-electron chi connectivity index (χ4n) is 2.26. The molecule has 1 aliphatic heterocycles. The molecule has 2 heterocycles. The lowest BCUT2D eigenvalue weighted by Crippen LogP contribution is -2.49. The molecule has 0 spiro atoms. The van der Waals surface area contributed by atoms with Crippen molar-refractivity contribution in [2.24, 2.45) is 7.05 Å². The van der Waals surface area contributed by atoms with Gasteiger partial charge in [0.1, 0.15) is 0 Å². The first-order valence-electron chi connectivity index (χ1n) is 6.69. The molecule has 1 aromatic heterocycles. The monoisotopic (exact) mass is 266 g/mol. The van der Waals surface area contributed by atoms with Crippen LogP contribution >= 0.6 is 0 Å². The molecule has 0 bridgehead atoms. The highest BCUT2D eigenvalue weighted by Crippen LogP contribution is 2.12. The van der Waals surface area contributed by atoms with Crippen molar-refractivity contribution in [1.29, 1.82) is 0 Å². The third kappa shape index (κ3) is 3.54. The molecule has 0 aromatic carbocycles. The number of hydrogen-bond donors (Lipinski definition) is 1. The second-order valence-corrected chi connectivity index (χ2v) is 5.00. The molecule has 106 valence electrons. The summed E-state index contributed by atoms with van der Waals surface area (Å²) >= 11 is 0. The van der Waals surface area contributed by atoms with Crippen LogP contribution in [0.1, 0.15) is 25.5 Å². The van der Waals surface area contributed by atoms with Gasteiger partial charge in [-0.1, -0.05) is 0 Å². The van der Waals surface area contributed by atoms with Gasteiger partial charge in [0.15, 0.2) is 0 Å². The molecule has 19 heavy (non-hydrogen) atoms. The Hall–Kier alpha value is -1.40. The van der Waals surface area contributed by atoms with Crippen LogP contribution in [0.5, 0.6) is 0 Å². The fourth-order valence-corrected chi connectivity index (χ4v) is 2.26. The van der Waals surface area contributed by atoms with Crippen molar-refractivity contribution in [3.8, 4) is 0 Å². The Morgan fingerprint density at radius 2 is 2.11 bits per heavy atom. The van der Waals surface area contributed by atoms with Crippen LogP contribution < -0.4 is 5.32 Å². The number of rotatable bonds is 4. The van der Waals surface area contributed by atoms with E-state index in [9.17, 15) is 4.79 Å². The van der Waals surface area contributed by atoms with Crippen molar-refractivity contribution < 1.29 is 9.53 Å². The Morgan fingerprint density at radius 1 is 1.42 bits per heavy atom. The first-order chi connectivity index (χ1) is 9.08. The minimum atomic E-state index is -0.201. The largest absolute Gasteiger partial charge is 0.378 e.